The van der Waals surface area contributed by atoms with Crippen LogP contribution >= 0.6 is 0 Å². The van der Waals surface area contributed by atoms with Crippen molar-refractivity contribution in [1.29, 1.82) is 0 Å². The molecule has 0 radical (unpaired) electrons. The molecule has 3 N–H and O–H groups in total. The number of carbonyl (C=O) groups is 2. The third kappa shape index (κ3) is 4.53. The van der Waals surface area contributed by atoms with Gasteiger partial charge in [-0.2, -0.15) is 5.10 Å². The monoisotopic (exact) mass is 361 g/mol. The van der Waals surface area contributed by atoms with Gasteiger partial charge in [-0.25, -0.2) is 0 Å². The number of carboxylic acid groups (broad SMARTS) is 1. The van der Waals surface area contributed by atoms with E-state index in [1.807, 2.05) is 13.8 Å². The normalized spacial score (nSPS) is 11.9. The van der Waals surface area contributed by atoms with Crippen LogP contribution in [0.5, 0.6) is 11.5 Å². The van der Waals surface area contributed by atoms with Gasteiger partial charge < -0.3 is 19.9 Å². The molecule has 1 aromatic carbocycles. The summed E-state index contributed by atoms with van der Waals surface area (Å²) in [5.41, 5.74) is 1.64. The summed E-state index contributed by atoms with van der Waals surface area (Å²) in [6, 6.07) is 5.93. The highest BCUT2D eigenvalue weighted by atomic mass is 16.5. The topological polar surface area (TPSA) is 114 Å². The van der Waals surface area contributed by atoms with Gasteiger partial charge in [0.1, 0.15) is 5.69 Å². The maximum absolute atomic E-state index is 12.5. The summed E-state index contributed by atoms with van der Waals surface area (Å²) in [6.07, 6.45) is -0.275. The van der Waals surface area contributed by atoms with Crippen LogP contribution in [-0.4, -0.2) is 41.4 Å². The molecule has 0 aliphatic heterocycles. The number of aromatic nitrogens is 2. The summed E-state index contributed by atoms with van der Waals surface area (Å²) in [5.74, 6) is -0.309. The third-order valence-corrected chi connectivity index (χ3v) is 3.95. The predicted molar refractivity (Wildman–Crippen MR) is 94.7 cm³/mol. The van der Waals surface area contributed by atoms with E-state index in [9.17, 15) is 14.7 Å². The van der Waals surface area contributed by atoms with E-state index in [0.717, 1.165) is 5.69 Å². The van der Waals surface area contributed by atoms with E-state index in [0.29, 0.717) is 17.1 Å². The number of ether oxygens (including phenoxy) is 2. The Hall–Kier alpha value is -3.03. The third-order valence-electron chi connectivity index (χ3n) is 3.95. The number of methoxy groups -OCH3 is 2. The van der Waals surface area contributed by atoms with Gasteiger partial charge in [0.05, 0.1) is 26.7 Å². The second kappa shape index (κ2) is 8.37. The highest BCUT2D eigenvalue weighted by molar-refractivity contribution is 5.93. The highest BCUT2D eigenvalue weighted by Gasteiger charge is 2.22. The van der Waals surface area contributed by atoms with Gasteiger partial charge in [-0.15, -0.1) is 0 Å². The Morgan fingerprint density at radius 3 is 2.42 bits per heavy atom. The zero-order valence-corrected chi connectivity index (χ0v) is 15.2. The highest BCUT2D eigenvalue weighted by Crippen LogP contribution is 2.31. The Morgan fingerprint density at radius 1 is 1.19 bits per heavy atom. The van der Waals surface area contributed by atoms with Crippen LogP contribution in [0.1, 0.15) is 54.0 Å². The van der Waals surface area contributed by atoms with E-state index in [4.69, 9.17) is 9.47 Å². The van der Waals surface area contributed by atoms with Gasteiger partial charge in [0.15, 0.2) is 11.5 Å². The Morgan fingerprint density at radius 2 is 1.88 bits per heavy atom. The number of hydrogen-bond acceptors (Lipinski definition) is 5. The van der Waals surface area contributed by atoms with Gasteiger partial charge in [-0.05, 0) is 29.7 Å². The van der Waals surface area contributed by atoms with Crippen molar-refractivity contribution in [3.8, 4) is 11.5 Å². The van der Waals surface area contributed by atoms with Crippen molar-refractivity contribution in [3.63, 3.8) is 0 Å². The van der Waals surface area contributed by atoms with Crippen LogP contribution in [-0.2, 0) is 4.79 Å². The summed E-state index contributed by atoms with van der Waals surface area (Å²) in [5, 5.41) is 18.7. The zero-order chi connectivity index (χ0) is 19.3. The van der Waals surface area contributed by atoms with Crippen molar-refractivity contribution >= 4 is 11.9 Å². The minimum absolute atomic E-state index is 0.199. The van der Waals surface area contributed by atoms with Crippen LogP contribution in [0.3, 0.4) is 0 Å². The Bertz CT molecular complexity index is 785. The van der Waals surface area contributed by atoms with Crippen LogP contribution in [0.15, 0.2) is 24.3 Å². The standard InChI is InChI=1S/C18H23N3O5/c1-10(2)12-8-14(21-20-12)18(24)19-13(9-17(22)23)11-5-6-15(25-3)16(7-11)26-4/h5-8,10,13H,9H2,1-4H3,(H,19,24)(H,20,21)(H,22,23). The van der Waals surface area contributed by atoms with Crippen LogP contribution < -0.4 is 14.8 Å². The molecular weight excluding hydrogens is 338 g/mol. The molecule has 0 fully saturated rings. The number of amides is 1. The molecule has 1 atom stereocenters. The number of nitrogens with zero attached hydrogens (tertiary/aromatic N) is 1. The molecule has 1 heterocycles. The van der Waals surface area contributed by atoms with E-state index in [1.165, 1.54) is 14.2 Å². The van der Waals surface area contributed by atoms with Crippen molar-refractivity contribution in [3.05, 3.63) is 41.2 Å². The van der Waals surface area contributed by atoms with Gasteiger partial charge in [0, 0.05) is 5.69 Å². The van der Waals surface area contributed by atoms with Gasteiger partial charge >= 0.3 is 5.97 Å². The molecule has 0 aliphatic rings. The van der Waals surface area contributed by atoms with E-state index in [1.54, 1.807) is 24.3 Å². The van der Waals surface area contributed by atoms with Crippen LogP contribution in [0.4, 0.5) is 0 Å². The van der Waals surface area contributed by atoms with E-state index >= 15 is 0 Å². The number of rotatable bonds is 8. The summed E-state index contributed by atoms with van der Waals surface area (Å²) in [7, 11) is 3.00. The van der Waals surface area contributed by atoms with Gasteiger partial charge in [-0.1, -0.05) is 19.9 Å². The SMILES string of the molecule is COc1ccc(C(CC(=O)O)NC(=O)c2cc(C(C)C)[nH]n2)cc1OC. The minimum atomic E-state index is -1.03. The second-order valence-corrected chi connectivity index (χ2v) is 6.10. The first-order valence-electron chi connectivity index (χ1n) is 8.15. The predicted octanol–water partition coefficient (Wildman–Crippen LogP) is 2.50. The summed E-state index contributed by atoms with van der Waals surface area (Å²) in [6.45, 7) is 3.96. The number of aromatic amines is 1. The van der Waals surface area contributed by atoms with E-state index < -0.39 is 17.9 Å². The minimum Gasteiger partial charge on any atom is -0.493 e. The number of benzene rings is 1. The molecule has 0 bridgehead atoms. The van der Waals surface area contributed by atoms with Crippen LogP contribution in [0.25, 0.3) is 0 Å². The first-order valence-corrected chi connectivity index (χ1v) is 8.15. The Balaban J connectivity index is 2.26. The molecule has 1 unspecified atom stereocenters. The Labute approximate surface area is 151 Å². The van der Waals surface area contributed by atoms with E-state index in [-0.39, 0.29) is 18.0 Å². The molecule has 1 aromatic heterocycles. The molecule has 0 saturated heterocycles. The lowest BCUT2D eigenvalue weighted by Gasteiger charge is -2.18. The second-order valence-electron chi connectivity index (χ2n) is 6.10. The van der Waals surface area contributed by atoms with E-state index in [2.05, 4.69) is 15.5 Å². The first kappa shape index (κ1) is 19.3. The molecule has 26 heavy (non-hydrogen) atoms. The van der Waals surface area contributed by atoms with Crippen molar-refractivity contribution in [2.75, 3.05) is 14.2 Å². The average Bonchev–Trinajstić information content (AvgIpc) is 3.10. The molecule has 8 nitrogen and oxygen atoms in total. The molecule has 1 amide bonds. The molecule has 2 rings (SSSR count). The van der Waals surface area contributed by atoms with Gasteiger partial charge in [0.2, 0.25) is 0 Å². The zero-order valence-electron chi connectivity index (χ0n) is 15.2. The van der Waals surface area contributed by atoms with Gasteiger partial charge in [-0.3, -0.25) is 14.7 Å². The van der Waals surface area contributed by atoms with Crippen molar-refractivity contribution in [2.45, 2.75) is 32.2 Å². The number of aliphatic carboxylic acids is 1. The van der Waals surface area contributed by atoms with Crippen LogP contribution in [0, 0.1) is 0 Å². The number of carbonyl (C=O) groups excluding carboxylic acids is 1. The first-order chi connectivity index (χ1) is 12.3. The number of nitrogens with one attached hydrogen (secondary N) is 2. The largest absolute Gasteiger partial charge is 0.493 e. The Kier molecular flexibility index (Phi) is 6.21. The number of hydrogen-bond donors (Lipinski definition) is 3. The lowest BCUT2D eigenvalue weighted by molar-refractivity contribution is -0.137. The maximum Gasteiger partial charge on any atom is 0.305 e. The molecule has 0 aliphatic carbocycles. The maximum atomic E-state index is 12.5. The molecule has 0 saturated carbocycles. The number of carboxylic acids is 1. The summed E-state index contributed by atoms with van der Waals surface area (Å²) >= 11 is 0. The van der Waals surface area contributed by atoms with Crippen molar-refractivity contribution in [1.82, 2.24) is 15.5 Å². The lowest BCUT2D eigenvalue weighted by atomic mass is 10.0. The molecule has 2 aromatic rings. The molecular formula is C18H23N3O5. The quantitative estimate of drug-likeness (QED) is 0.666. The van der Waals surface area contributed by atoms with Crippen LogP contribution in [0.2, 0.25) is 0 Å². The smallest absolute Gasteiger partial charge is 0.305 e. The summed E-state index contributed by atoms with van der Waals surface area (Å²) < 4.78 is 10.4. The fraction of sp³-hybridized carbons (Fsp3) is 0.389. The summed E-state index contributed by atoms with van der Waals surface area (Å²) in [4.78, 5) is 23.7. The molecule has 140 valence electrons. The van der Waals surface area contributed by atoms with Gasteiger partial charge in [0.25, 0.3) is 5.91 Å². The molecule has 0 spiro atoms. The number of H-pyrrole nitrogens is 1. The fourth-order valence-electron chi connectivity index (χ4n) is 2.48. The van der Waals surface area contributed by atoms with Crippen molar-refractivity contribution in [2.24, 2.45) is 0 Å². The lowest BCUT2D eigenvalue weighted by Crippen LogP contribution is -2.30. The van der Waals surface area contributed by atoms with Crippen molar-refractivity contribution < 1.29 is 24.2 Å². The average molecular weight is 361 g/mol. The molecule has 8 heteroatoms. The fourth-order valence-corrected chi connectivity index (χ4v) is 2.48.